The maximum atomic E-state index is 15.0. The summed E-state index contributed by atoms with van der Waals surface area (Å²) in [5.74, 6) is 3.63. The number of nitrogens with zero attached hydrogens (tertiary/aromatic N) is 3. The van der Waals surface area contributed by atoms with Gasteiger partial charge in [-0.2, -0.15) is 0 Å². The van der Waals surface area contributed by atoms with Gasteiger partial charge in [0.05, 0.1) is 23.8 Å². The van der Waals surface area contributed by atoms with Gasteiger partial charge in [-0.1, -0.05) is 17.3 Å². The minimum absolute atomic E-state index is 0.0235. The average molecular weight is 455 g/mol. The number of anilines is 1. The Bertz CT molecular complexity index is 1180. The van der Waals surface area contributed by atoms with Gasteiger partial charge >= 0.3 is 6.03 Å². The third-order valence-corrected chi connectivity index (χ3v) is 6.67. The van der Waals surface area contributed by atoms with Crippen molar-refractivity contribution < 1.29 is 23.5 Å². The van der Waals surface area contributed by atoms with Crippen LogP contribution in [-0.2, 0) is 20.7 Å². The van der Waals surface area contributed by atoms with Gasteiger partial charge < -0.3 is 9.64 Å². The second kappa shape index (κ2) is 7.36. The minimum Gasteiger partial charge on any atom is -0.372 e. The second-order valence-electron chi connectivity index (χ2n) is 8.09. The van der Waals surface area contributed by atoms with Gasteiger partial charge in [-0.05, 0) is 43.9 Å². The van der Waals surface area contributed by atoms with E-state index in [1.807, 2.05) is 11.8 Å². The summed E-state index contributed by atoms with van der Waals surface area (Å²) in [5.41, 5.74) is 1.21. The first-order valence-corrected chi connectivity index (χ1v) is 10.9. The zero-order valence-corrected chi connectivity index (χ0v) is 18.0. The molecule has 11 heteroatoms. The van der Waals surface area contributed by atoms with Crippen molar-refractivity contribution in [3.05, 3.63) is 39.6 Å². The number of benzene rings is 1. The van der Waals surface area contributed by atoms with Crippen molar-refractivity contribution in [3.8, 4) is 11.8 Å². The molecule has 1 aromatic heterocycles. The molecule has 3 aliphatic rings. The third-order valence-electron chi connectivity index (χ3n) is 6.06. The van der Waals surface area contributed by atoms with Crippen LogP contribution in [0, 0.1) is 23.1 Å². The molecule has 0 unspecified atom stereocenters. The van der Waals surface area contributed by atoms with Gasteiger partial charge in [0.1, 0.15) is 11.3 Å². The van der Waals surface area contributed by atoms with Crippen molar-refractivity contribution in [2.24, 2.45) is 5.41 Å². The number of hydrogen-bond acceptors (Lipinski definition) is 8. The topological polar surface area (TPSA) is 114 Å². The number of urea groups is 1. The van der Waals surface area contributed by atoms with E-state index in [2.05, 4.69) is 32.7 Å². The highest BCUT2D eigenvalue weighted by Gasteiger charge is 2.62. The Kier molecular flexibility index (Phi) is 4.72. The van der Waals surface area contributed by atoms with Crippen LogP contribution in [0.5, 0.6) is 0 Å². The number of carbonyl (C=O) groups is 3. The summed E-state index contributed by atoms with van der Waals surface area (Å²) < 4.78 is 20.9. The first-order chi connectivity index (χ1) is 15.3. The lowest BCUT2D eigenvalue weighted by molar-refractivity contribution is -0.153. The van der Waals surface area contributed by atoms with Crippen molar-refractivity contribution in [2.75, 3.05) is 11.4 Å². The monoisotopic (exact) mass is 455 g/mol. The van der Waals surface area contributed by atoms with E-state index >= 15 is 4.39 Å². The van der Waals surface area contributed by atoms with Gasteiger partial charge in [-0.25, -0.2) is 9.18 Å². The zero-order chi connectivity index (χ0) is 22.6. The highest BCUT2D eigenvalue weighted by molar-refractivity contribution is 7.09. The van der Waals surface area contributed by atoms with E-state index in [1.54, 1.807) is 13.0 Å². The van der Waals surface area contributed by atoms with Gasteiger partial charge in [0.25, 0.3) is 0 Å². The molecular weight excluding hydrogens is 437 g/mol. The Morgan fingerprint density at radius 3 is 2.66 bits per heavy atom. The maximum absolute atomic E-state index is 15.0. The van der Waals surface area contributed by atoms with E-state index in [-0.39, 0.29) is 18.1 Å². The Morgan fingerprint density at radius 2 is 1.97 bits per heavy atom. The fourth-order valence-electron chi connectivity index (χ4n) is 4.90. The SMILES string of the molecule is C[C@@H]1CN2c3cc(F)c(C#Cc4nncs4)cc3CC3(C(=O)NC(=O)NC3=O)[C@H]2[C@H](C)O1. The fourth-order valence-corrected chi connectivity index (χ4v) is 5.30. The largest absolute Gasteiger partial charge is 0.372 e. The number of aromatic nitrogens is 2. The molecule has 9 nitrogen and oxygen atoms in total. The first kappa shape index (κ1) is 20.5. The fraction of sp³-hybridized carbons (Fsp3) is 0.381. The van der Waals surface area contributed by atoms with Crippen molar-refractivity contribution >= 4 is 34.9 Å². The predicted molar refractivity (Wildman–Crippen MR) is 111 cm³/mol. The molecule has 0 bridgehead atoms. The summed E-state index contributed by atoms with van der Waals surface area (Å²) in [4.78, 5) is 39.9. The van der Waals surface area contributed by atoms with E-state index in [1.165, 1.54) is 22.9 Å². The number of barbiturate groups is 1. The third kappa shape index (κ3) is 3.06. The molecule has 2 fully saturated rings. The average Bonchev–Trinajstić information content (AvgIpc) is 3.24. The van der Waals surface area contributed by atoms with Crippen LogP contribution in [0.3, 0.4) is 0 Å². The Balaban J connectivity index is 1.66. The number of nitrogens with one attached hydrogen (secondary N) is 2. The molecule has 4 amide bonds. The molecule has 0 radical (unpaired) electrons. The summed E-state index contributed by atoms with van der Waals surface area (Å²) >= 11 is 1.23. The minimum atomic E-state index is -1.61. The first-order valence-electron chi connectivity index (χ1n) is 9.99. The number of hydrogen-bond donors (Lipinski definition) is 2. The van der Waals surface area contributed by atoms with E-state index in [0.29, 0.717) is 22.8 Å². The molecule has 5 rings (SSSR count). The van der Waals surface area contributed by atoms with Crippen LogP contribution in [0.4, 0.5) is 14.9 Å². The van der Waals surface area contributed by atoms with Gasteiger partial charge in [0.2, 0.25) is 11.8 Å². The molecule has 2 aromatic rings. The van der Waals surface area contributed by atoms with Gasteiger partial charge in [-0.15, -0.1) is 10.2 Å². The molecule has 3 atom stereocenters. The number of morpholine rings is 1. The van der Waals surface area contributed by atoms with E-state index in [4.69, 9.17) is 4.74 Å². The molecule has 2 N–H and O–H groups in total. The Hall–Kier alpha value is -3.36. The normalized spacial score (nSPS) is 25.9. The van der Waals surface area contributed by atoms with Crippen LogP contribution in [0.25, 0.3) is 0 Å². The van der Waals surface area contributed by atoms with Crippen LogP contribution < -0.4 is 15.5 Å². The maximum Gasteiger partial charge on any atom is 0.328 e. The number of imide groups is 2. The van der Waals surface area contributed by atoms with Gasteiger partial charge in [0.15, 0.2) is 10.4 Å². The molecule has 32 heavy (non-hydrogen) atoms. The van der Waals surface area contributed by atoms with Crippen molar-refractivity contribution in [1.82, 2.24) is 20.8 Å². The van der Waals surface area contributed by atoms with E-state index in [9.17, 15) is 14.4 Å². The lowest BCUT2D eigenvalue weighted by atomic mass is 9.66. The molecular formula is C21H18FN5O4S. The van der Waals surface area contributed by atoms with Gasteiger partial charge in [-0.3, -0.25) is 20.2 Å². The van der Waals surface area contributed by atoms with E-state index < -0.39 is 41.2 Å². The molecule has 0 saturated carbocycles. The summed E-state index contributed by atoms with van der Waals surface area (Å²) in [5, 5.41) is 12.4. The van der Waals surface area contributed by atoms with Crippen LogP contribution in [0.15, 0.2) is 17.6 Å². The second-order valence-corrected chi connectivity index (χ2v) is 8.92. The lowest BCUT2D eigenvalue weighted by Crippen LogP contribution is -2.75. The van der Waals surface area contributed by atoms with Crippen LogP contribution in [-0.4, -0.2) is 52.8 Å². The predicted octanol–water partition coefficient (Wildman–Crippen LogP) is 0.968. The molecule has 1 spiro atoms. The Labute approximate surface area is 186 Å². The van der Waals surface area contributed by atoms with Crippen molar-refractivity contribution in [2.45, 2.75) is 38.5 Å². The quantitative estimate of drug-likeness (QED) is 0.450. The highest BCUT2D eigenvalue weighted by Crippen LogP contribution is 2.47. The van der Waals surface area contributed by atoms with Gasteiger partial charge in [0, 0.05) is 12.2 Å². The molecule has 1 aromatic carbocycles. The number of carbonyl (C=O) groups excluding carboxylic acids is 3. The Morgan fingerprint density at radius 1 is 1.22 bits per heavy atom. The summed E-state index contributed by atoms with van der Waals surface area (Å²) in [6, 6.07) is 1.37. The number of fused-ring (bicyclic) bond motifs is 4. The van der Waals surface area contributed by atoms with Crippen LogP contribution in [0.1, 0.15) is 30.0 Å². The van der Waals surface area contributed by atoms with Crippen LogP contribution >= 0.6 is 11.3 Å². The zero-order valence-electron chi connectivity index (χ0n) is 17.1. The number of ether oxygens (including phenoxy) is 1. The molecule has 3 aliphatic heterocycles. The van der Waals surface area contributed by atoms with Crippen molar-refractivity contribution in [1.29, 1.82) is 0 Å². The number of rotatable bonds is 0. The lowest BCUT2D eigenvalue weighted by Gasteiger charge is -2.55. The number of amides is 4. The standard InChI is InChI=1S/C21H18FN5O4S/c1-10-8-27-15-6-14(22)12(3-4-16-26-23-9-32-16)5-13(15)7-21(17(27)11(2)31-10)18(28)24-20(30)25-19(21)29/h5-6,9-11,17H,7-8H2,1-2H3,(H2,24,25,28,29,30)/t10-,11+,17-/m1/s1. The summed E-state index contributed by atoms with van der Waals surface area (Å²) in [6.45, 7) is 4.00. The molecule has 4 heterocycles. The molecule has 164 valence electrons. The smallest absolute Gasteiger partial charge is 0.328 e. The van der Waals surface area contributed by atoms with E-state index in [0.717, 1.165) is 0 Å². The van der Waals surface area contributed by atoms with Crippen molar-refractivity contribution in [3.63, 3.8) is 0 Å². The van der Waals surface area contributed by atoms with Crippen LogP contribution in [0.2, 0.25) is 0 Å². The molecule has 2 saturated heterocycles. The summed E-state index contributed by atoms with van der Waals surface area (Å²) in [6.07, 6.45) is -0.748. The number of halogens is 1. The summed E-state index contributed by atoms with van der Waals surface area (Å²) in [7, 11) is 0. The highest BCUT2D eigenvalue weighted by atomic mass is 32.1. The molecule has 0 aliphatic carbocycles.